The summed E-state index contributed by atoms with van der Waals surface area (Å²) in [6.45, 7) is 4.13. The minimum absolute atomic E-state index is 0.00632. The first-order chi connectivity index (χ1) is 31.2. The number of thioether (sulfide) groups is 1. The molecule has 11 nitrogen and oxygen atoms in total. The summed E-state index contributed by atoms with van der Waals surface area (Å²) in [5, 5.41) is 0.698. The number of hydrogen-bond donors (Lipinski definition) is 3. The Balaban J connectivity index is 0.867. The molecule has 326 valence electrons. The van der Waals surface area contributed by atoms with Crippen LogP contribution in [0.15, 0.2) is 113 Å². The molecule has 0 bridgehead atoms. The number of H-pyrrole nitrogens is 1. The van der Waals surface area contributed by atoms with Crippen molar-refractivity contribution in [2.75, 3.05) is 39.0 Å². The molecule has 2 amide bonds. The first-order valence-corrected chi connectivity index (χ1v) is 24.0. The van der Waals surface area contributed by atoms with Gasteiger partial charge in [0.15, 0.2) is 0 Å². The molecule has 64 heavy (non-hydrogen) atoms. The van der Waals surface area contributed by atoms with Gasteiger partial charge in [-0.1, -0.05) is 84.9 Å². The van der Waals surface area contributed by atoms with Crippen LogP contribution in [0.2, 0.25) is 0 Å². The lowest BCUT2D eigenvalue weighted by molar-refractivity contribution is -0.141. The molecule has 0 unspecified atom stereocenters. The van der Waals surface area contributed by atoms with E-state index in [0.29, 0.717) is 84.4 Å². The highest BCUT2D eigenvalue weighted by Gasteiger charge is 2.55. The van der Waals surface area contributed by atoms with Crippen LogP contribution < -0.4 is 16.2 Å². The van der Waals surface area contributed by atoms with Gasteiger partial charge in [0.05, 0.1) is 15.7 Å². The summed E-state index contributed by atoms with van der Waals surface area (Å²) in [5.41, 5.74) is 18.0. The number of hydrogen-bond acceptors (Lipinski definition) is 10. The largest absolute Gasteiger partial charge is 0.558 e. The molecule has 3 saturated heterocycles. The molecule has 10 rings (SSSR count). The van der Waals surface area contributed by atoms with Crippen LogP contribution in [0.3, 0.4) is 0 Å². The Morgan fingerprint density at radius 1 is 0.859 bits per heavy atom. The topological polar surface area (TPSA) is 153 Å². The third-order valence-electron chi connectivity index (χ3n) is 13.6. The van der Waals surface area contributed by atoms with Gasteiger partial charge >= 0.3 is 13.1 Å². The van der Waals surface area contributed by atoms with Crippen LogP contribution in [0.1, 0.15) is 90.7 Å². The number of rotatable bonds is 10. The molecule has 6 aromatic rings. The van der Waals surface area contributed by atoms with Gasteiger partial charge in [0, 0.05) is 66.7 Å². The van der Waals surface area contributed by atoms with Crippen LogP contribution in [0.25, 0.3) is 17.0 Å². The quantitative estimate of drug-likeness (QED) is 0.0918. The number of amides is 2. The molecule has 4 aliphatic heterocycles. The predicted octanol–water partition coefficient (Wildman–Crippen LogP) is 8.01. The molecule has 4 aliphatic rings. The number of nitrogens with one attached hydrogen (secondary N) is 1. The van der Waals surface area contributed by atoms with Crippen LogP contribution in [0.5, 0.6) is 5.75 Å². The Hall–Kier alpha value is -5.64. The normalized spacial score (nSPS) is 19.7. The molecule has 4 aromatic carbocycles. The van der Waals surface area contributed by atoms with E-state index in [-0.39, 0.29) is 17.2 Å². The Kier molecular flexibility index (Phi) is 11.5. The van der Waals surface area contributed by atoms with Crippen molar-refractivity contribution in [2.45, 2.75) is 59.9 Å². The summed E-state index contributed by atoms with van der Waals surface area (Å²) in [7, 11) is -1.03. The van der Waals surface area contributed by atoms with E-state index in [0.717, 1.165) is 52.3 Å². The Labute approximate surface area is 381 Å². The number of nitrogens with two attached hydrogens (primary N) is 2. The molecule has 0 aliphatic carbocycles. The van der Waals surface area contributed by atoms with Crippen LogP contribution in [0.4, 0.5) is 0 Å². The standard InChI is InChI=1S/C50H50BN5O6S2/c1-63-47-36(27-44(64-47)46(58)56-23-18-49(19-24-56)31-60-43-14-13-33(30-53)26-40(43)49)15-20-51-61-48(59)50(62-51,37-9-3-2-4-10-37)39-11-6-12-41-38(39)28-42(54-41)45(57)55-21-16-34(17-22-55)35-8-5-7-32(25-35)29-52/h2-15,20,25-28,34,54H,16-19,21-24,29-31,52-53H2,1H3/b20-15+/t50-/m1/s1. The summed E-state index contributed by atoms with van der Waals surface area (Å²) < 4.78 is 19.9. The van der Waals surface area contributed by atoms with E-state index in [1.165, 1.54) is 22.5 Å². The fourth-order valence-corrected chi connectivity index (χ4v) is 11.8. The van der Waals surface area contributed by atoms with Crippen molar-refractivity contribution >= 4 is 65.0 Å². The predicted molar refractivity (Wildman–Crippen MR) is 252 cm³/mol. The highest BCUT2D eigenvalue weighted by Crippen LogP contribution is 2.47. The molecule has 5 N–H and O–H groups in total. The van der Waals surface area contributed by atoms with Gasteiger partial charge in [-0.2, -0.15) is 0 Å². The monoisotopic (exact) mass is 891 g/mol. The molecule has 2 aromatic heterocycles. The highest BCUT2D eigenvalue weighted by molar-refractivity contribution is 8.00. The Morgan fingerprint density at radius 3 is 2.38 bits per heavy atom. The first-order valence-electron chi connectivity index (χ1n) is 22.0. The lowest BCUT2D eigenvalue weighted by Crippen LogP contribution is -2.45. The second-order valence-electron chi connectivity index (χ2n) is 17.2. The molecule has 6 heterocycles. The third kappa shape index (κ3) is 7.54. The molecular weight excluding hydrogens is 842 g/mol. The Bertz CT molecular complexity index is 2780. The van der Waals surface area contributed by atoms with Crippen molar-refractivity contribution in [3.63, 3.8) is 0 Å². The van der Waals surface area contributed by atoms with E-state index in [9.17, 15) is 14.4 Å². The average Bonchev–Trinajstić information content (AvgIpc) is 4.14. The van der Waals surface area contributed by atoms with Crippen LogP contribution in [-0.4, -0.2) is 78.7 Å². The van der Waals surface area contributed by atoms with Crippen molar-refractivity contribution in [1.29, 1.82) is 0 Å². The van der Waals surface area contributed by atoms with Crippen molar-refractivity contribution in [3.05, 3.63) is 159 Å². The molecule has 14 heteroatoms. The maximum absolute atomic E-state index is 14.4. The van der Waals surface area contributed by atoms with Gasteiger partial charge in [-0.05, 0) is 95.9 Å². The third-order valence-corrected chi connectivity index (χ3v) is 15.9. The van der Waals surface area contributed by atoms with Crippen molar-refractivity contribution in [3.8, 4) is 5.75 Å². The van der Waals surface area contributed by atoms with E-state index in [2.05, 4.69) is 29.2 Å². The number of benzene rings is 4. The van der Waals surface area contributed by atoms with Crippen molar-refractivity contribution < 1.29 is 28.4 Å². The maximum atomic E-state index is 14.4. The number of carbonyl (C=O) groups is 3. The van der Waals surface area contributed by atoms with Gasteiger partial charge < -0.3 is 40.3 Å². The number of thiophene rings is 1. The number of aromatic amines is 1. The minimum atomic E-state index is -1.62. The molecular formula is C50H50BN5O6S2. The van der Waals surface area contributed by atoms with Gasteiger partial charge in [-0.3, -0.25) is 9.59 Å². The van der Waals surface area contributed by atoms with E-state index < -0.39 is 18.7 Å². The zero-order valence-corrected chi connectivity index (χ0v) is 37.4. The second-order valence-corrected chi connectivity index (χ2v) is 19.3. The zero-order valence-electron chi connectivity index (χ0n) is 35.7. The van der Waals surface area contributed by atoms with Gasteiger partial charge in [0.1, 0.15) is 11.4 Å². The van der Waals surface area contributed by atoms with Gasteiger partial charge in [0.25, 0.3) is 11.8 Å². The van der Waals surface area contributed by atoms with Crippen LogP contribution >= 0.6 is 23.1 Å². The van der Waals surface area contributed by atoms with E-state index >= 15 is 0 Å². The number of carbonyl (C=O) groups excluding carboxylic acids is 3. The van der Waals surface area contributed by atoms with Crippen molar-refractivity contribution in [2.24, 2.45) is 11.5 Å². The molecule has 0 radical (unpaired) electrons. The fourth-order valence-electron chi connectivity index (χ4n) is 10.0. The Morgan fingerprint density at radius 2 is 1.61 bits per heavy atom. The summed E-state index contributed by atoms with van der Waals surface area (Å²) in [6.07, 6.45) is 7.22. The number of likely N-dealkylation sites (tertiary alicyclic amines) is 2. The lowest BCUT2D eigenvalue weighted by atomic mass is 9.74. The number of piperidine rings is 2. The fraction of sp³-hybridized carbons (Fsp3) is 0.300. The molecule has 1 atom stereocenters. The highest BCUT2D eigenvalue weighted by atomic mass is 32.2. The zero-order chi connectivity index (χ0) is 44.0. The van der Waals surface area contributed by atoms with E-state index in [1.807, 2.05) is 101 Å². The second kappa shape index (κ2) is 17.4. The molecule has 1 spiro atoms. The number of fused-ring (bicyclic) bond motifs is 3. The average molecular weight is 892 g/mol. The van der Waals surface area contributed by atoms with Gasteiger partial charge in [-0.25, -0.2) is 4.79 Å². The minimum Gasteiger partial charge on any atom is -0.503 e. The summed E-state index contributed by atoms with van der Waals surface area (Å²) in [4.78, 5) is 50.3. The summed E-state index contributed by atoms with van der Waals surface area (Å²) in [6, 6.07) is 33.4. The van der Waals surface area contributed by atoms with Crippen LogP contribution in [0, 0.1) is 0 Å². The number of nitrogens with zero attached hydrogens (tertiary/aromatic N) is 2. The first kappa shape index (κ1) is 42.3. The van der Waals surface area contributed by atoms with Crippen molar-refractivity contribution in [1.82, 2.24) is 14.8 Å². The van der Waals surface area contributed by atoms with E-state index in [4.69, 9.17) is 25.5 Å². The summed E-state index contributed by atoms with van der Waals surface area (Å²) >= 11 is 3.03. The molecule has 0 saturated carbocycles. The van der Waals surface area contributed by atoms with E-state index in [1.54, 1.807) is 17.7 Å². The van der Waals surface area contributed by atoms with Gasteiger partial charge in [-0.15, -0.1) is 23.1 Å². The number of ether oxygens (including phenoxy) is 1. The SMILES string of the molecule is CSc1sc(C(=O)N2CCC3(CC2)COc2ccc(CN)cc23)cc1/C=C/B1OC(=O)[C@@](c2ccccc2)(c2cccc3[nH]c(C(=O)N4CCC(c5cccc(CN)c5)CC4)cc23)O1. The maximum Gasteiger partial charge on any atom is 0.558 e. The van der Waals surface area contributed by atoms with Crippen LogP contribution in [-0.2, 0) is 38.2 Å². The summed E-state index contributed by atoms with van der Waals surface area (Å²) in [5.74, 6) is 2.39. The smallest absolute Gasteiger partial charge is 0.503 e. The molecule has 3 fully saturated rings. The number of aromatic nitrogens is 1. The van der Waals surface area contributed by atoms with Gasteiger partial charge in [0.2, 0.25) is 5.60 Å². The lowest BCUT2D eigenvalue weighted by Gasteiger charge is -2.38.